The third-order valence-corrected chi connectivity index (χ3v) is 19.9. The van der Waals surface area contributed by atoms with Crippen molar-refractivity contribution >= 4 is 18.2 Å². The van der Waals surface area contributed by atoms with E-state index in [2.05, 4.69) is 10.6 Å². The average Bonchev–Trinajstić information content (AvgIpc) is 0.791. The maximum absolute atomic E-state index is 15.3. The predicted octanol–water partition coefficient (Wildman–Crippen LogP) is 14.3. The molecule has 3 aliphatic rings. The largest absolute Gasteiger partial charge is 0.497 e. The van der Waals surface area contributed by atoms with Crippen LogP contribution in [0.4, 0.5) is 9.59 Å². The first-order valence-electron chi connectivity index (χ1n) is 38.7. The van der Waals surface area contributed by atoms with E-state index in [1.54, 1.807) is 7.11 Å². The number of carbonyl (C=O) groups is 3. The number of alkyl carbamates (subject to hydrolysis) is 2. The summed E-state index contributed by atoms with van der Waals surface area (Å²) >= 11 is 0. The van der Waals surface area contributed by atoms with Crippen LogP contribution in [0, 0.1) is 0 Å². The molecular formula is C93H98N2O20. The number of methoxy groups -OCH3 is 2. The molecular weight excluding hydrogens is 1470 g/mol. The van der Waals surface area contributed by atoms with E-state index in [9.17, 15) is 4.79 Å². The third-order valence-electron chi connectivity index (χ3n) is 19.9. The maximum atomic E-state index is 15.3. The lowest BCUT2D eigenvalue weighted by Crippen LogP contribution is -2.66. The number of rotatable bonds is 39. The molecule has 3 saturated heterocycles. The minimum Gasteiger partial charge on any atom is -0.497 e. The predicted molar refractivity (Wildman–Crippen MR) is 425 cm³/mol. The van der Waals surface area contributed by atoms with Gasteiger partial charge in [-0.15, -0.1) is 0 Å². The first-order chi connectivity index (χ1) is 56.7. The van der Waals surface area contributed by atoms with E-state index in [1.165, 1.54) is 7.11 Å². The summed E-state index contributed by atoms with van der Waals surface area (Å²) < 4.78 is 113. The Balaban J connectivity index is 0.819. The minimum absolute atomic E-state index is 0.0149. The van der Waals surface area contributed by atoms with Gasteiger partial charge < -0.3 is 80.5 Å². The topological polar surface area (TPSA) is 232 Å². The molecule has 10 aromatic carbocycles. The van der Waals surface area contributed by atoms with Gasteiger partial charge in [-0.05, 0) is 67.8 Å². The number of hydrogen-bond donors (Lipinski definition) is 2. The van der Waals surface area contributed by atoms with Gasteiger partial charge in [0.15, 0.2) is 18.6 Å². The molecule has 2 amide bonds. The third kappa shape index (κ3) is 24.5. The van der Waals surface area contributed by atoms with Gasteiger partial charge in [0, 0.05) is 0 Å². The second kappa shape index (κ2) is 43.8. The molecule has 2 N–H and O–H groups in total. The summed E-state index contributed by atoms with van der Waals surface area (Å²) in [5.41, 5.74) is 8.43. The molecule has 3 fully saturated rings. The Morgan fingerprint density at radius 1 is 0.270 bits per heavy atom. The fourth-order valence-electron chi connectivity index (χ4n) is 14.0. The maximum Gasteiger partial charge on any atom is 0.409 e. The molecule has 600 valence electrons. The molecule has 0 spiro atoms. The van der Waals surface area contributed by atoms with Gasteiger partial charge in [-0.1, -0.05) is 285 Å². The Hall–Kier alpha value is -10.5. The van der Waals surface area contributed by atoms with Crippen LogP contribution >= 0.6 is 0 Å². The van der Waals surface area contributed by atoms with Gasteiger partial charge in [0.1, 0.15) is 92.2 Å². The van der Waals surface area contributed by atoms with Crippen LogP contribution < -0.4 is 15.4 Å². The van der Waals surface area contributed by atoms with Crippen LogP contribution in [0.3, 0.4) is 0 Å². The van der Waals surface area contributed by atoms with Gasteiger partial charge in [0.2, 0.25) is 0 Å². The van der Waals surface area contributed by atoms with Gasteiger partial charge in [0.25, 0.3) is 0 Å². The Bertz CT molecular complexity index is 4450. The molecule has 115 heavy (non-hydrogen) atoms. The molecule has 0 aromatic heterocycles. The highest BCUT2D eigenvalue weighted by Crippen LogP contribution is 2.36. The Morgan fingerprint density at radius 2 is 0.513 bits per heavy atom. The first-order valence-corrected chi connectivity index (χ1v) is 38.7. The van der Waals surface area contributed by atoms with Crippen molar-refractivity contribution in [3.63, 3.8) is 0 Å². The molecule has 3 heterocycles. The number of esters is 1. The lowest BCUT2D eigenvalue weighted by Gasteiger charge is -2.46. The van der Waals surface area contributed by atoms with E-state index < -0.39 is 123 Å². The number of hydrogen-bond acceptors (Lipinski definition) is 20. The van der Waals surface area contributed by atoms with Crippen LogP contribution in [-0.2, 0) is 147 Å². The highest BCUT2D eigenvalue weighted by molar-refractivity contribution is 5.76. The number of ether oxygens (including phenoxy) is 17. The summed E-state index contributed by atoms with van der Waals surface area (Å²) in [4.78, 5) is 44.7. The number of amides is 2. The molecule has 22 heteroatoms. The highest BCUT2D eigenvalue weighted by atomic mass is 16.7. The molecule has 10 aromatic rings. The van der Waals surface area contributed by atoms with Crippen molar-refractivity contribution in [1.29, 1.82) is 0 Å². The molecule has 0 saturated carbocycles. The van der Waals surface area contributed by atoms with Crippen molar-refractivity contribution < 1.29 is 94.9 Å². The zero-order chi connectivity index (χ0) is 79.0. The number of nitrogens with one attached hydrogen (secondary N) is 2. The van der Waals surface area contributed by atoms with E-state index in [-0.39, 0.29) is 72.7 Å². The lowest BCUT2D eigenvalue weighted by atomic mass is 9.94. The molecule has 22 nitrogen and oxygen atoms in total. The number of carbonyl (C=O) groups excluding carboxylic acids is 3. The van der Waals surface area contributed by atoms with E-state index in [0.29, 0.717) is 5.75 Å². The number of benzene rings is 10. The average molecular weight is 1560 g/mol. The van der Waals surface area contributed by atoms with E-state index in [4.69, 9.17) is 80.5 Å². The fourth-order valence-corrected chi connectivity index (χ4v) is 14.0. The molecule has 13 rings (SSSR count). The van der Waals surface area contributed by atoms with Gasteiger partial charge in [-0.2, -0.15) is 0 Å². The summed E-state index contributed by atoms with van der Waals surface area (Å²) in [7, 11) is 2.87. The summed E-state index contributed by atoms with van der Waals surface area (Å²) in [6.45, 7) is -0.114. The van der Waals surface area contributed by atoms with Crippen LogP contribution in [0.5, 0.6) is 5.75 Å². The van der Waals surface area contributed by atoms with Crippen LogP contribution in [0.1, 0.15) is 55.6 Å². The molecule has 15 atom stereocenters. The van der Waals surface area contributed by atoms with Crippen LogP contribution in [0.15, 0.2) is 297 Å². The fraction of sp³-hybridized carbons (Fsp3) is 0.323. The SMILES string of the molecule is COC(=O)[C@@H]1O[C@H](COC(=O)N[C@@H]2O[C@H](COC(=O)N[C@@H]3O[C@H](COCc4ccc(OC)cc4)[C@@H](OCc4ccccc4)[C@H](OCc4ccccc4)[C@H]3OCc3ccccc3)[C@@H](OCc3ccccc3)[C@H](OCc3ccccc3)[C@H]2OCc2ccccc2)[C@@H](OCc2ccccc2)[C@H](OCc2ccccc2)[C@H]1OCc1ccccc1. The van der Waals surface area contributed by atoms with Gasteiger partial charge in [-0.3, -0.25) is 10.6 Å². The van der Waals surface area contributed by atoms with Crippen LogP contribution in [0.25, 0.3) is 0 Å². The molecule has 0 bridgehead atoms. The standard InChI is InChI=1S/C93H98N2O20/c1-99-75-50-48-74(49-51-75)52-101-62-76-79(102-53-65-30-12-3-13-31-65)83(106-57-69-38-20-7-21-39-69)86(109-60-72-44-26-10-27-45-72)89(114-76)94-93(98)112-64-78-81(104-55-67-34-16-5-17-35-67)84(107-58-70-40-22-8-23-41-70)87(110-61-73-46-28-11-29-47-73)90(115-78)95-92(97)111-63-77-80(103-54-66-32-14-4-15-33-66)82(105-56-68-36-18-6-19-37-68)85(88(113-77)91(96)100-2)108-59-71-42-24-9-25-43-71/h3-51,76-90H,52-64H2,1-2H3,(H,94,98)(H,95,97)/t76-,77-,78-,79-,80-,81-,82+,83+,84+,85-,86-,87-,88-,89-,90-/m1/s1. The van der Waals surface area contributed by atoms with Crippen LogP contribution in [-0.4, -0.2) is 144 Å². The Labute approximate surface area is 670 Å². The second-order valence-electron chi connectivity index (χ2n) is 28.0. The van der Waals surface area contributed by atoms with E-state index >= 15 is 9.59 Å². The summed E-state index contributed by atoms with van der Waals surface area (Å²) in [5, 5.41) is 6.01. The summed E-state index contributed by atoms with van der Waals surface area (Å²) in [5.74, 6) is -0.0548. The van der Waals surface area contributed by atoms with Crippen molar-refractivity contribution in [2.45, 2.75) is 158 Å². The summed E-state index contributed by atoms with van der Waals surface area (Å²) in [6.07, 6.45) is -18.7. The molecule has 0 aliphatic carbocycles. The zero-order valence-electron chi connectivity index (χ0n) is 64.3. The van der Waals surface area contributed by atoms with Crippen molar-refractivity contribution in [2.75, 3.05) is 34.0 Å². The lowest BCUT2D eigenvalue weighted by molar-refractivity contribution is -0.279. The molecule has 0 unspecified atom stereocenters. The van der Waals surface area contributed by atoms with Crippen LogP contribution in [0.2, 0.25) is 0 Å². The smallest absolute Gasteiger partial charge is 0.409 e. The first kappa shape index (κ1) is 82.5. The Kier molecular flexibility index (Phi) is 31.4. The summed E-state index contributed by atoms with van der Waals surface area (Å²) in [6, 6.07) is 94.0. The van der Waals surface area contributed by atoms with Crippen molar-refractivity contribution in [2.24, 2.45) is 0 Å². The van der Waals surface area contributed by atoms with Gasteiger partial charge >= 0.3 is 18.2 Å². The normalized spacial score (nSPS) is 23.2. The van der Waals surface area contributed by atoms with Crippen molar-refractivity contribution in [3.8, 4) is 5.75 Å². The highest BCUT2D eigenvalue weighted by Gasteiger charge is 2.54. The van der Waals surface area contributed by atoms with Crippen molar-refractivity contribution in [3.05, 3.63) is 353 Å². The second-order valence-corrected chi connectivity index (χ2v) is 28.0. The zero-order valence-corrected chi connectivity index (χ0v) is 64.3. The molecule has 0 radical (unpaired) electrons. The monoisotopic (exact) mass is 1560 g/mol. The van der Waals surface area contributed by atoms with Gasteiger partial charge in [-0.25, -0.2) is 14.4 Å². The van der Waals surface area contributed by atoms with E-state index in [0.717, 1.165) is 55.6 Å². The Morgan fingerprint density at radius 3 is 0.800 bits per heavy atom. The van der Waals surface area contributed by atoms with E-state index in [1.807, 2.05) is 297 Å². The van der Waals surface area contributed by atoms with Crippen molar-refractivity contribution in [1.82, 2.24) is 10.6 Å². The quantitative estimate of drug-likeness (QED) is 0.0269. The minimum atomic E-state index is -1.44. The van der Waals surface area contributed by atoms with Gasteiger partial charge in [0.05, 0.1) is 86.9 Å². The molecule has 3 aliphatic heterocycles.